The summed E-state index contributed by atoms with van der Waals surface area (Å²) in [6.45, 7) is 0.564. The van der Waals surface area contributed by atoms with Crippen LogP contribution in [0.15, 0.2) is 18.2 Å². The van der Waals surface area contributed by atoms with E-state index in [1.165, 1.54) is 12.1 Å². The average Bonchev–Trinajstić information content (AvgIpc) is 2.08. The summed E-state index contributed by atoms with van der Waals surface area (Å²) in [6, 6.07) is 4.14. The van der Waals surface area contributed by atoms with Gasteiger partial charge in [0.2, 0.25) is 0 Å². The number of halogens is 2. The molecule has 0 fully saturated rings. The quantitative estimate of drug-likeness (QED) is 0.868. The molecule has 1 N–H and O–H groups in total. The molecule has 0 saturated carbocycles. The summed E-state index contributed by atoms with van der Waals surface area (Å²) in [7, 11) is -0.830. The van der Waals surface area contributed by atoms with Crippen LogP contribution in [0.25, 0.3) is 0 Å². The molecule has 78 valence electrons. The Hall–Kier alpha value is -0.610. The van der Waals surface area contributed by atoms with Gasteiger partial charge in [-0.15, -0.1) is 0 Å². The van der Waals surface area contributed by atoms with E-state index in [9.17, 15) is 8.60 Å². The molecular weight excluding hydrogens is 225 g/mol. The van der Waals surface area contributed by atoms with Gasteiger partial charge in [-0.3, -0.25) is 4.21 Å². The molecule has 0 spiro atoms. The molecule has 0 bridgehead atoms. The minimum Gasteiger partial charge on any atom is -0.383 e. The summed E-state index contributed by atoms with van der Waals surface area (Å²) >= 11 is 5.77. The molecule has 0 saturated heterocycles. The van der Waals surface area contributed by atoms with Gasteiger partial charge in [-0.1, -0.05) is 11.6 Å². The Morgan fingerprint density at radius 3 is 2.86 bits per heavy atom. The van der Waals surface area contributed by atoms with Crippen molar-refractivity contribution < 1.29 is 8.60 Å². The molecule has 0 aromatic heterocycles. The van der Waals surface area contributed by atoms with Gasteiger partial charge in [0, 0.05) is 29.4 Å². The second-order valence-corrected chi connectivity index (χ2v) is 4.79. The molecule has 0 aliphatic heterocycles. The van der Waals surface area contributed by atoms with Crippen LogP contribution < -0.4 is 5.32 Å². The smallest absolute Gasteiger partial charge is 0.124 e. The third kappa shape index (κ3) is 3.64. The van der Waals surface area contributed by atoms with Crippen molar-refractivity contribution in [3.05, 3.63) is 29.0 Å². The first-order valence-electron chi connectivity index (χ1n) is 4.08. The Labute approximate surface area is 89.9 Å². The summed E-state index contributed by atoms with van der Waals surface area (Å²) in [5.74, 6) is 0.188. The van der Waals surface area contributed by atoms with Crippen LogP contribution in [0.1, 0.15) is 0 Å². The summed E-state index contributed by atoms with van der Waals surface area (Å²) < 4.78 is 23.4. The Kier molecular flexibility index (Phi) is 4.35. The lowest BCUT2D eigenvalue weighted by atomic mass is 10.3. The molecular formula is C9H11ClFNOS. The fourth-order valence-corrected chi connectivity index (χ4v) is 1.59. The molecule has 1 aromatic carbocycles. The van der Waals surface area contributed by atoms with Crippen LogP contribution in [0.4, 0.5) is 10.1 Å². The van der Waals surface area contributed by atoms with Crippen molar-refractivity contribution in [2.45, 2.75) is 0 Å². The normalized spacial score (nSPS) is 12.5. The average molecular weight is 236 g/mol. The van der Waals surface area contributed by atoms with Crippen LogP contribution in [-0.4, -0.2) is 22.8 Å². The standard InChI is InChI=1S/C9H11ClFNOS/c1-14(13)5-4-12-9-3-2-7(11)6-8(9)10/h2-3,6,12H,4-5H2,1H3. The van der Waals surface area contributed by atoms with Gasteiger partial charge in [-0.25, -0.2) is 4.39 Å². The maximum Gasteiger partial charge on any atom is 0.124 e. The Morgan fingerprint density at radius 1 is 1.57 bits per heavy atom. The van der Waals surface area contributed by atoms with Crippen molar-refractivity contribution in [2.75, 3.05) is 23.9 Å². The minimum absolute atomic E-state index is 0.340. The van der Waals surface area contributed by atoms with E-state index in [2.05, 4.69) is 5.32 Å². The first kappa shape index (κ1) is 11.5. The number of rotatable bonds is 4. The Bertz CT molecular complexity index is 346. The van der Waals surface area contributed by atoms with Gasteiger partial charge in [0.15, 0.2) is 0 Å². The molecule has 0 amide bonds. The second-order valence-electron chi connectivity index (χ2n) is 2.83. The van der Waals surface area contributed by atoms with E-state index in [0.29, 0.717) is 23.0 Å². The summed E-state index contributed by atoms with van der Waals surface area (Å²) in [5.41, 5.74) is 0.665. The highest BCUT2D eigenvalue weighted by atomic mass is 35.5. The highest BCUT2D eigenvalue weighted by Crippen LogP contribution is 2.21. The molecule has 1 atom stereocenters. The van der Waals surface area contributed by atoms with Gasteiger partial charge >= 0.3 is 0 Å². The topological polar surface area (TPSA) is 29.1 Å². The van der Waals surface area contributed by atoms with E-state index in [1.807, 2.05) is 0 Å². The molecule has 1 unspecified atom stereocenters. The van der Waals surface area contributed by atoms with Gasteiger partial charge in [-0.05, 0) is 18.2 Å². The van der Waals surface area contributed by atoms with Gasteiger partial charge in [0.05, 0.1) is 10.7 Å². The SMILES string of the molecule is CS(=O)CCNc1ccc(F)cc1Cl. The second kappa shape index (κ2) is 5.32. The van der Waals surface area contributed by atoms with E-state index in [4.69, 9.17) is 11.6 Å². The maximum atomic E-state index is 12.6. The largest absolute Gasteiger partial charge is 0.383 e. The van der Waals surface area contributed by atoms with E-state index in [0.717, 1.165) is 0 Å². The number of nitrogens with one attached hydrogen (secondary N) is 1. The van der Waals surface area contributed by atoms with E-state index >= 15 is 0 Å². The van der Waals surface area contributed by atoms with Crippen molar-refractivity contribution in [3.8, 4) is 0 Å². The number of hydrogen-bond donors (Lipinski definition) is 1. The van der Waals surface area contributed by atoms with E-state index < -0.39 is 10.8 Å². The van der Waals surface area contributed by atoms with Crippen molar-refractivity contribution in [1.29, 1.82) is 0 Å². The minimum atomic E-state index is -0.830. The zero-order valence-electron chi connectivity index (χ0n) is 7.72. The maximum absolute atomic E-state index is 12.6. The van der Waals surface area contributed by atoms with Crippen LogP contribution >= 0.6 is 11.6 Å². The molecule has 0 radical (unpaired) electrons. The van der Waals surface area contributed by atoms with Gasteiger partial charge in [-0.2, -0.15) is 0 Å². The Morgan fingerprint density at radius 2 is 2.29 bits per heavy atom. The molecule has 1 aromatic rings. The first-order valence-corrected chi connectivity index (χ1v) is 6.19. The first-order chi connectivity index (χ1) is 6.59. The van der Waals surface area contributed by atoms with Crippen LogP contribution in [0.5, 0.6) is 0 Å². The lowest BCUT2D eigenvalue weighted by Gasteiger charge is -2.06. The van der Waals surface area contributed by atoms with Crippen LogP contribution in [-0.2, 0) is 10.8 Å². The fourth-order valence-electron chi connectivity index (χ4n) is 0.962. The summed E-state index contributed by atoms with van der Waals surface area (Å²) in [5, 5.41) is 3.32. The molecule has 5 heteroatoms. The van der Waals surface area contributed by atoms with Gasteiger partial charge in [0.25, 0.3) is 0 Å². The third-order valence-corrected chi connectivity index (χ3v) is 2.73. The van der Waals surface area contributed by atoms with Crippen molar-refractivity contribution in [2.24, 2.45) is 0 Å². The number of hydrogen-bond acceptors (Lipinski definition) is 2. The van der Waals surface area contributed by atoms with Gasteiger partial charge < -0.3 is 5.32 Å². The molecule has 14 heavy (non-hydrogen) atoms. The zero-order valence-corrected chi connectivity index (χ0v) is 9.29. The van der Waals surface area contributed by atoms with Gasteiger partial charge in [0.1, 0.15) is 5.82 Å². The zero-order chi connectivity index (χ0) is 10.6. The Balaban J connectivity index is 2.55. The van der Waals surface area contributed by atoms with Crippen LogP contribution in [0, 0.1) is 5.82 Å². The highest BCUT2D eigenvalue weighted by molar-refractivity contribution is 7.84. The highest BCUT2D eigenvalue weighted by Gasteiger charge is 2.00. The molecule has 0 aliphatic carbocycles. The predicted molar refractivity (Wildman–Crippen MR) is 58.8 cm³/mol. The van der Waals surface area contributed by atoms with Crippen molar-refractivity contribution in [1.82, 2.24) is 0 Å². The molecule has 0 heterocycles. The van der Waals surface area contributed by atoms with Crippen molar-refractivity contribution >= 4 is 28.1 Å². The summed E-state index contributed by atoms with van der Waals surface area (Å²) in [4.78, 5) is 0. The lowest BCUT2D eigenvalue weighted by molar-refractivity contribution is 0.628. The van der Waals surface area contributed by atoms with E-state index in [-0.39, 0.29) is 5.82 Å². The molecule has 1 rings (SSSR count). The molecule has 0 aliphatic rings. The van der Waals surface area contributed by atoms with E-state index in [1.54, 1.807) is 12.3 Å². The van der Waals surface area contributed by atoms with Crippen molar-refractivity contribution in [3.63, 3.8) is 0 Å². The predicted octanol–water partition coefficient (Wildman–Crippen LogP) is 2.27. The third-order valence-electron chi connectivity index (χ3n) is 1.64. The number of benzene rings is 1. The van der Waals surface area contributed by atoms with Crippen LogP contribution in [0.2, 0.25) is 5.02 Å². The van der Waals surface area contributed by atoms with Crippen LogP contribution in [0.3, 0.4) is 0 Å². The monoisotopic (exact) mass is 235 g/mol. The summed E-state index contributed by atoms with van der Waals surface area (Å²) in [6.07, 6.45) is 1.63. The lowest BCUT2D eigenvalue weighted by Crippen LogP contribution is -2.10. The molecule has 2 nitrogen and oxygen atoms in total. The fraction of sp³-hybridized carbons (Fsp3) is 0.333. The number of anilines is 1.